The average Bonchev–Trinajstić information content (AvgIpc) is 3.10. The topological polar surface area (TPSA) is 84.4 Å². The zero-order valence-electron chi connectivity index (χ0n) is 21.2. The van der Waals surface area contributed by atoms with Crippen molar-refractivity contribution >= 4 is 33.4 Å². The lowest BCUT2D eigenvalue weighted by atomic mass is 10.0. The number of pyridine rings is 2. The van der Waals surface area contributed by atoms with Crippen LogP contribution in [0.5, 0.6) is 5.75 Å². The van der Waals surface area contributed by atoms with Gasteiger partial charge in [0, 0.05) is 28.7 Å². The van der Waals surface area contributed by atoms with Crippen LogP contribution in [-0.2, 0) is 22.3 Å². The van der Waals surface area contributed by atoms with E-state index in [1.807, 2.05) is 13.8 Å². The summed E-state index contributed by atoms with van der Waals surface area (Å²) in [7, 11) is 0. The molecule has 3 aromatic rings. The molecule has 2 saturated heterocycles. The van der Waals surface area contributed by atoms with Crippen molar-refractivity contribution in [2.24, 2.45) is 17.3 Å². The highest BCUT2D eigenvalue weighted by atomic mass is 32.1. The zero-order chi connectivity index (χ0) is 27.0. The molecule has 0 aromatic carbocycles. The number of piperidine rings is 2. The van der Waals surface area contributed by atoms with E-state index in [2.05, 4.69) is 15.3 Å². The predicted molar refractivity (Wildman–Crippen MR) is 135 cm³/mol. The molecule has 0 bridgehead atoms. The lowest BCUT2D eigenvalue weighted by molar-refractivity contribution is -0.144. The molecule has 1 saturated carbocycles. The second-order valence-corrected chi connectivity index (χ2v) is 12.0. The van der Waals surface area contributed by atoms with E-state index in [1.165, 1.54) is 23.2 Å². The summed E-state index contributed by atoms with van der Waals surface area (Å²) in [5.74, 6) is -0.541. The van der Waals surface area contributed by atoms with Crippen LogP contribution in [0.3, 0.4) is 0 Å². The molecule has 3 fully saturated rings. The third kappa shape index (κ3) is 4.07. The first-order valence-corrected chi connectivity index (χ1v) is 13.5. The number of thiophene rings is 1. The van der Waals surface area contributed by atoms with Gasteiger partial charge in [0.15, 0.2) is 0 Å². The smallest absolute Gasteiger partial charge is 0.433 e. The number of hydrogen-bond acceptors (Lipinski definition) is 7. The van der Waals surface area contributed by atoms with Crippen LogP contribution in [0.1, 0.15) is 43.0 Å². The first-order valence-electron chi connectivity index (χ1n) is 12.7. The van der Waals surface area contributed by atoms with Gasteiger partial charge in [0.25, 0.3) is 0 Å². The van der Waals surface area contributed by atoms with Gasteiger partial charge in [-0.2, -0.15) is 13.2 Å². The number of fused-ring (bicyclic) bond motifs is 2. The maximum atomic E-state index is 13.8. The largest absolute Gasteiger partial charge is 0.487 e. The quantitative estimate of drug-likeness (QED) is 0.458. The lowest BCUT2D eigenvalue weighted by Crippen LogP contribution is -2.37. The molecule has 3 aliphatic rings. The van der Waals surface area contributed by atoms with Crippen molar-refractivity contribution in [2.75, 3.05) is 13.1 Å². The van der Waals surface area contributed by atoms with Crippen LogP contribution in [0, 0.1) is 24.2 Å². The first-order chi connectivity index (χ1) is 18.0. The molecule has 3 unspecified atom stereocenters. The number of nitrogens with one attached hydrogen (secondary N) is 1. The van der Waals surface area contributed by atoms with Crippen molar-refractivity contribution in [2.45, 2.75) is 52.4 Å². The van der Waals surface area contributed by atoms with Gasteiger partial charge in [-0.15, -0.1) is 11.3 Å². The van der Waals surface area contributed by atoms with Crippen LogP contribution in [0.2, 0.25) is 0 Å². The molecule has 38 heavy (non-hydrogen) atoms. The second kappa shape index (κ2) is 8.74. The highest BCUT2D eigenvalue weighted by Gasteiger charge is 2.72. The maximum absolute atomic E-state index is 13.8. The molecule has 0 radical (unpaired) electrons. The number of hydrogen-bond donors (Lipinski definition) is 1. The Morgan fingerprint density at radius 1 is 1.18 bits per heavy atom. The van der Waals surface area contributed by atoms with Gasteiger partial charge in [0.05, 0.1) is 34.3 Å². The van der Waals surface area contributed by atoms with E-state index in [9.17, 15) is 22.8 Å². The van der Waals surface area contributed by atoms with E-state index >= 15 is 0 Å². The molecule has 11 heteroatoms. The number of alkyl halides is 3. The van der Waals surface area contributed by atoms with Gasteiger partial charge >= 0.3 is 6.18 Å². The Bertz CT molecular complexity index is 1440. The molecule has 200 valence electrons. The standard InChI is InChI=1S/C27H27F3N4O3S/c1-13-22(37-14-5-4-7-31-11-14)17(10-19(33-13)27(28,29)30)16-6-8-32-18-9-15(38-23(16)18)12-34-24(35)20-21(25(34)36)26(20,2)3/h6,8-10,14,20-21,31H,4-5,7,11-12H2,1-3H3. The normalized spacial score (nSPS) is 24.7. The lowest BCUT2D eigenvalue weighted by Gasteiger charge is -2.26. The molecular weight excluding hydrogens is 517 g/mol. The summed E-state index contributed by atoms with van der Waals surface area (Å²) < 4.78 is 48.2. The van der Waals surface area contributed by atoms with E-state index in [0.717, 1.165) is 30.3 Å². The van der Waals surface area contributed by atoms with E-state index in [4.69, 9.17) is 4.74 Å². The Morgan fingerprint density at radius 2 is 1.92 bits per heavy atom. The number of likely N-dealkylation sites (tertiary alicyclic amines) is 1. The van der Waals surface area contributed by atoms with Gasteiger partial charge in [-0.25, -0.2) is 4.98 Å². The first kappa shape index (κ1) is 25.2. The summed E-state index contributed by atoms with van der Waals surface area (Å²) in [6, 6.07) is 4.51. The molecule has 2 amide bonds. The zero-order valence-corrected chi connectivity index (χ0v) is 22.0. The van der Waals surface area contributed by atoms with Gasteiger partial charge in [0.1, 0.15) is 17.5 Å². The Hall–Kier alpha value is -3.05. The summed E-state index contributed by atoms with van der Waals surface area (Å²) in [5, 5.41) is 3.26. The third-order valence-electron chi connectivity index (χ3n) is 7.93. The molecule has 0 spiro atoms. The summed E-state index contributed by atoms with van der Waals surface area (Å²) >= 11 is 1.32. The van der Waals surface area contributed by atoms with Gasteiger partial charge < -0.3 is 10.1 Å². The highest BCUT2D eigenvalue weighted by molar-refractivity contribution is 7.19. The molecule has 3 aromatic heterocycles. The van der Waals surface area contributed by atoms with E-state index in [0.29, 0.717) is 33.6 Å². The third-order valence-corrected chi connectivity index (χ3v) is 9.07. The van der Waals surface area contributed by atoms with Crippen molar-refractivity contribution in [1.29, 1.82) is 0 Å². The summed E-state index contributed by atoms with van der Waals surface area (Å²) in [6.07, 6.45) is -1.56. The molecule has 3 atom stereocenters. The van der Waals surface area contributed by atoms with Crippen molar-refractivity contribution < 1.29 is 27.5 Å². The number of aromatic nitrogens is 2. The second-order valence-electron chi connectivity index (χ2n) is 10.9. The number of carbonyl (C=O) groups is 2. The molecule has 6 rings (SSSR count). The van der Waals surface area contributed by atoms with Crippen molar-refractivity contribution in [3.05, 3.63) is 40.7 Å². The minimum absolute atomic E-state index is 0.126. The van der Waals surface area contributed by atoms with Crippen molar-refractivity contribution in [1.82, 2.24) is 20.2 Å². The Kier molecular flexibility index (Phi) is 5.80. The SMILES string of the molecule is Cc1nc(C(F)(F)F)cc(-c2ccnc3cc(CN4C(=O)C5C(C4=O)C5(C)C)sc23)c1OC1CCCNC1. The van der Waals surface area contributed by atoms with Gasteiger partial charge in [-0.3, -0.25) is 19.5 Å². The molecular formula is C27H27F3N4O3S. The maximum Gasteiger partial charge on any atom is 0.433 e. The summed E-state index contributed by atoms with van der Waals surface area (Å²) in [6.45, 7) is 6.99. The minimum atomic E-state index is -4.62. The fraction of sp³-hybridized carbons (Fsp3) is 0.481. The molecule has 1 N–H and O–H groups in total. The monoisotopic (exact) mass is 544 g/mol. The molecule has 5 heterocycles. The van der Waals surface area contributed by atoms with Crippen LogP contribution in [-0.4, -0.2) is 45.9 Å². The highest BCUT2D eigenvalue weighted by Crippen LogP contribution is 2.63. The predicted octanol–water partition coefficient (Wildman–Crippen LogP) is 4.96. The number of aryl methyl sites for hydroxylation is 1. The summed E-state index contributed by atoms with van der Waals surface area (Å²) in [4.78, 5) is 36.0. The Morgan fingerprint density at radius 3 is 2.58 bits per heavy atom. The molecule has 2 aliphatic heterocycles. The van der Waals surface area contributed by atoms with Crippen molar-refractivity contribution in [3.63, 3.8) is 0 Å². The Labute approximate surface area is 221 Å². The van der Waals surface area contributed by atoms with Crippen LogP contribution in [0.15, 0.2) is 24.4 Å². The van der Waals surface area contributed by atoms with Crippen LogP contribution in [0.4, 0.5) is 13.2 Å². The van der Waals surface area contributed by atoms with Crippen LogP contribution in [0.25, 0.3) is 21.3 Å². The van der Waals surface area contributed by atoms with E-state index < -0.39 is 11.9 Å². The fourth-order valence-electron chi connectivity index (χ4n) is 5.84. The van der Waals surface area contributed by atoms with Crippen LogP contribution >= 0.6 is 11.3 Å². The van der Waals surface area contributed by atoms with Gasteiger partial charge in [-0.1, -0.05) is 13.8 Å². The minimum Gasteiger partial charge on any atom is -0.487 e. The number of carbonyl (C=O) groups excluding carboxylic acids is 2. The van der Waals surface area contributed by atoms with Crippen LogP contribution < -0.4 is 10.1 Å². The number of amides is 2. The summed E-state index contributed by atoms with van der Waals surface area (Å²) in [5.41, 5.74) is 0.310. The number of nitrogens with zero attached hydrogens (tertiary/aromatic N) is 3. The number of halogens is 3. The molecule has 1 aliphatic carbocycles. The number of imide groups is 1. The van der Waals surface area contributed by atoms with Gasteiger partial charge in [0.2, 0.25) is 11.8 Å². The number of ether oxygens (including phenoxy) is 1. The average molecular weight is 545 g/mol. The molecule has 7 nitrogen and oxygen atoms in total. The Balaban J connectivity index is 1.39. The van der Waals surface area contributed by atoms with Gasteiger partial charge in [-0.05, 0) is 49.9 Å². The van der Waals surface area contributed by atoms with E-state index in [-0.39, 0.29) is 47.4 Å². The van der Waals surface area contributed by atoms with Crippen molar-refractivity contribution in [3.8, 4) is 16.9 Å². The number of rotatable bonds is 5. The van der Waals surface area contributed by atoms with E-state index in [1.54, 1.807) is 18.3 Å². The fourth-order valence-corrected chi connectivity index (χ4v) is 6.97.